The van der Waals surface area contributed by atoms with Gasteiger partial charge in [-0.3, -0.25) is 4.79 Å². The molecule has 5 heteroatoms. The minimum Gasteiger partial charge on any atom is -0.480 e. The van der Waals surface area contributed by atoms with Crippen LogP contribution in [0.5, 0.6) is 0 Å². The number of thiol groups is 1. The van der Waals surface area contributed by atoms with Gasteiger partial charge in [0.25, 0.3) is 0 Å². The second-order valence-electron chi connectivity index (χ2n) is 3.27. The zero-order valence-corrected chi connectivity index (χ0v) is 8.41. The summed E-state index contributed by atoms with van der Waals surface area (Å²) in [5.41, 5.74) is 0.674. The molecule has 0 saturated carbocycles. The van der Waals surface area contributed by atoms with Gasteiger partial charge < -0.3 is 10.2 Å². The smallest absolute Gasteiger partial charge is 0.331 e. The largest absolute Gasteiger partial charge is 0.480 e. The van der Waals surface area contributed by atoms with Gasteiger partial charge >= 0.3 is 11.9 Å². The second-order valence-corrected chi connectivity index (χ2v) is 4.07. The Labute approximate surface area is 86.3 Å². The van der Waals surface area contributed by atoms with Crippen LogP contribution >= 0.6 is 12.6 Å². The number of hydrogen-bond donors (Lipinski definition) is 3. The van der Waals surface area contributed by atoms with Gasteiger partial charge in [0.1, 0.15) is 4.75 Å². The summed E-state index contributed by atoms with van der Waals surface area (Å²) in [5, 5.41) is 17.6. The van der Waals surface area contributed by atoms with Crippen LogP contribution < -0.4 is 0 Å². The highest BCUT2D eigenvalue weighted by Crippen LogP contribution is 2.32. The van der Waals surface area contributed by atoms with Gasteiger partial charge in [0.2, 0.25) is 0 Å². The molecule has 0 amide bonds. The third-order valence-corrected chi connectivity index (χ3v) is 2.45. The fraction of sp³-hybridized carbons (Fsp3) is 0.333. The monoisotopic (exact) mass is 214 g/mol. The quantitative estimate of drug-likeness (QED) is 0.602. The van der Waals surface area contributed by atoms with E-state index in [1.165, 1.54) is 12.2 Å². The fourth-order valence-electron chi connectivity index (χ4n) is 1.36. The fourth-order valence-corrected chi connectivity index (χ4v) is 1.73. The summed E-state index contributed by atoms with van der Waals surface area (Å²) in [5.74, 6) is -2.23. The van der Waals surface area contributed by atoms with Crippen molar-refractivity contribution in [1.82, 2.24) is 0 Å². The molecule has 1 aliphatic rings. The Kier molecular flexibility index (Phi) is 2.71. The van der Waals surface area contributed by atoms with Crippen molar-refractivity contribution in [1.29, 1.82) is 0 Å². The van der Waals surface area contributed by atoms with Crippen LogP contribution in [0.2, 0.25) is 0 Å². The molecule has 1 rings (SSSR count). The molecule has 1 aliphatic carbocycles. The first-order valence-electron chi connectivity index (χ1n) is 3.94. The summed E-state index contributed by atoms with van der Waals surface area (Å²) in [4.78, 5) is 21.5. The first kappa shape index (κ1) is 10.8. The van der Waals surface area contributed by atoms with Crippen LogP contribution in [0.4, 0.5) is 0 Å². The lowest BCUT2D eigenvalue weighted by Crippen LogP contribution is -2.34. The van der Waals surface area contributed by atoms with Crippen LogP contribution in [0.3, 0.4) is 0 Å². The van der Waals surface area contributed by atoms with E-state index >= 15 is 0 Å². The molecular weight excluding hydrogens is 204 g/mol. The Morgan fingerprint density at radius 2 is 2.07 bits per heavy atom. The number of rotatable bonds is 2. The molecule has 1 atom stereocenters. The summed E-state index contributed by atoms with van der Waals surface area (Å²) in [6.45, 7) is 1.65. The number of carbonyl (C=O) groups is 2. The van der Waals surface area contributed by atoms with Crippen LogP contribution in [0, 0.1) is 0 Å². The second kappa shape index (κ2) is 3.49. The molecule has 0 aromatic heterocycles. The molecule has 1 unspecified atom stereocenters. The standard InChI is InChI=1S/C9H10O4S/c1-5-2-6(7(10)11)4-9(14,3-5)8(12)13/h2-3,14H,4H2,1H3,(H,10,11)(H,12,13). The van der Waals surface area contributed by atoms with Gasteiger partial charge in [0, 0.05) is 12.0 Å². The third kappa shape index (κ3) is 1.98. The van der Waals surface area contributed by atoms with Gasteiger partial charge in [-0.15, -0.1) is 0 Å². The molecule has 14 heavy (non-hydrogen) atoms. The molecule has 4 nitrogen and oxygen atoms in total. The maximum absolute atomic E-state index is 10.8. The summed E-state index contributed by atoms with van der Waals surface area (Å²) in [7, 11) is 0. The van der Waals surface area contributed by atoms with E-state index in [1.807, 2.05) is 0 Å². The Morgan fingerprint density at radius 1 is 1.50 bits per heavy atom. The lowest BCUT2D eigenvalue weighted by molar-refractivity contribution is -0.138. The maximum Gasteiger partial charge on any atom is 0.331 e. The van der Waals surface area contributed by atoms with Crippen molar-refractivity contribution >= 4 is 24.6 Å². The maximum atomic E-state index is 10.8. The first-order chi connectivity index (χ1) is 6.35. The normalized spacial score (nSPS) is 26.4. The molecule has 0 heterocycles. The lowest BCUT2D eigenvalue weighted by atomic mass is 9.90. The molecule has 0 fully saturated rings. The number of hydrogen-bond acceptors (Lipinski definition) is 3. The van der Waals surface area contributed by atoms with E-state index in [4.69, 9.17) is 10.2 Å². The Hall–Kier alpha value is -1.23. The van der Waals surface area contributed by atoms with Gasteiger partial charge in [0.05, 0.1) is 0 Å². The first-order valence-corrected chi connectivity index (χ1v) is 4.39. The molecule has 0 aromatic carbocycles. The molecule has 2 N–H and O–H groups in total. The van der Waals surface area contributed by atoms with Crippen LogP contribution in [0.1, 0.15) is 13.3 Å². The van der Waals surface area contributed by atoms with Crippen molar-refractivity contribution in [2.24, 2.45) is 0 Å². The van der Waals surface area contributed by atoms with Crippen molar-refractivity contribution < 1.29 is 19.8 Å². The highest BCUT2D eigenvalue weighted by atomic mass is 32.1. The van der Waals surface area contributed by atoms with E-state index in [1.54, 1.807) is 6.92 Å². The van der Waals surface area contributed by atoms with E-state index < -0.39 is 16.7 Å². The minimum absolute atomic E-state index is 0.0717. The molecule has 0 radical (unpaired) electrons. The van der Waals surface area contributed by atoms with Crippen molar-refractivity contribution in [3.05, 3.63) is 23.3 Å². The van der Waals surface area contributed by atoms with E-state index in [2.05, 4.69) is 12.6 Å². The van der Waals surface area contributed by atoms with E-state index in [-0.39, 0.29) is 12.0 Å². The predicted molar refractivity (Wildman–Crippen MR) is 53.4 cm³/mol. The molecule has 0 spiro atoms. The number of carboxylic acids is 2. The number of allylic oxidation sites excluding steroid dienone is 2. The Bertz CT molecular complexity index is 356. The van der Waals surface area contributed by atoms with Gasteiger partial charge in [-0.2, -0.15) is 12.6 Å². The van der Waals surface area contributed by atoms with Crippen molar-refractivity contribution in [3.63, 3.8) is 0 Å². The molecule has 0 saturated heterocycles. The summed E-state index contributed by atoms with van der Waals surface area (Å²) >= 11 is 3.98. The lowest BCUT2D eigenvalue weighted by Gasteiger charge is -2.24. The predicted octanol–water partition coefficient (Wildman–Crippen LogP) is 1.10. The molecule has 0 aliphatic heterocycles. The number of carboxylic acid groups (broad SMARTS) is 2. The van der Waals surface area contributed by atoms with Gasteiger partial charge in [0.15, 0.2) is 0 Å². The van der Waals surface area contributed by atoms with Crippen LogP contribution in [-0.2, 0) is 9.59 Å². The summed E-state index contributed by atoms with van der Waals surface area (Å²) < 4.78 is -1.40. The minimum atomic E-state index is -1.40. The highest BCUT2D eigenvalue weighted by molar-refractivity contribution is 7.83. The molecule has 0 bridgehead atoms. The topological polar surface area (TPSA) is 74.6 Å². The van der Waals surface area contributed by atoms with Crippen molar-refractivity contribution in [2.45, 2.75) is 18.1 Å². The third-order valence-electron chi connectivity index (χ3n) is 1.97. The molecule has 0 aromatic rings. The van der Waals surface area contributed by atoms with Crippen LogP contribution in [-0.4, -0.2) is 26.9 Å². The average molecular weight is 214 g/mol. The van der Waals surface area contributed by atoms with Gasteiger partial charge in [-0.05, 0) is 13.0 Å². The Morgan fingerprint density at radius 3 is 2.50 bits per heavy atom. The van der Waals surface area contributed by atoms with E-state index in [0.29, 0.717) is 5.57 Å². The zero-order chi connectivity index (χ0) is 10.9. The highest BCUT2D eigenvalue weighted by Gasteiger charge is 2.36. The SMILES string of the molecule is CC1=CC(S)(C(=O)O)CC(C(=O)O)=C1. The molecular formula is C9H10O4S. The van der Waals surface area contributed by atoms with E-state index in [0.717, 1.165) is 0 Å². The van der Waals surface area contributed by atoms with E-state index in [9.17, 15) is 9.59 Å². The van der Waals surface area contributed by atoms with Crippen molar-refractivity contribution in [2.75, 3.05) is 0 Å². The van der Waals surface area contributed by atoms with Crippen LogP contribution in [0.15, 0.2) is 23.3 Å². The zero-order valence-electron chi connectivity index (χ0n) is 7.52. The number of aliphatic carboxylic acids is 2. The van der Waals surface area contributed by atoms with Gasteiger partial charge in [-0.1, -0.05) is 11.6 Å². The Balaban J connectivity index is 3.08. The summed E-state index contributed by atoms with van der Waals surface area (Å²) in [6.07, 6.45) is 2.81. The average Bonchev–Trinajstić information content (AvgIpc) is 2.02. The van der Waals surface area contributed by atoms with Crippen LogP contribution in [0.25, 0.3) is 0 Å². The van der Waals surface area contributed by atoms with Crippen molar-refractivity contribution in [3.8, 4) is 0 Å². The van der Waals surface area contributed by atoms with Gasteiger partial charge in [-0.25, -0.2) is 4.79 Å². The summed E-state index contributed by atoms with van der Waals surface area (Å²) in [6, 6.07) is 0. The molecule has 76 valence electrons.